The number of amides is 1. The third-order valence-electron chi connectivity index (χ3n) is 2.98. The third-order valence-corrected chi connectivity index (χ3v) is 2.98. The van der Waals surface area contributed by atoms with Crippen LogP contribution in [0.25, 0.3) is 0 Å². The Kier molecular flexibility index (Phi) is 5.34. The number of aromatic nitrogens is 1. The maximum atomic E-state index is 12.0. The summed E-state index contributed by atoms with van der Waals surface area (Å²) in [5.41, 5.74) is 1.13. The molecule has 0 aromatic carbocycles. The van der Waals surface area contributed by atoms with Gasteiger partial charge in [0, 0.05) is 13.0 Å². The van der Waals surface area contributed by atoms with Crippen LogP contribution < -0.4 is 5.32 Å². The van der Waals surface area contributed by atoms with Gasteiger partial charge in [0.25, 0.3) is 5.91 Å². The van der Waals surface area contributed by atoms with Gasteiger partial charge in [-0.15, -0.1) is 0 Å². The Bertz CT molecular complexity index is 399. The molecule has 0 saturated heterocycles. The van der Waals surface area contributed by atoms with Crippen molar-refractivity contribution >= 4 is 5.91 Å². The lowest BCUT2D eigenvalue weighted by Gasteiger charge is -2.14. The monoisotopic (exact) mass is 254 g/mol. The second kappa shape index (κ2) is 6.54. The minimum absolute atomic E-state index is 0.179. The molecule has 0 saturated carbocycles. The first kappa shape index (κ1) is 14.7. The molecule has 5 nitrogen and oxygen atoms in total. The number of aliphatic hydroxyl groups is 1. The zero-order valence-corrected chi connectivity index (χ0v) is 11.5. The van der Waals surface area contributed by atoms with Crippen molar-refractivity contribution in [3.63, 3.8) is 0 Å². The van der Waals surface area contributed by atoms with E-state index in [1.165, 1.54) is 0 Å². The van der Waals surface area contributed by atoms with Gasteiger partial charge in [0.2, 0.25) is 0 Å². The molecule has 0 aliphatic rings. The van der Waals surface area contributed by atoms with E-state index in [1.54, 1.807) is 6.92 Å². The van der Waals surface area contributed by atoms with Crippen LogP contribution in [0, 0.1) is 12.8 Å². The highest BCUT2D eigenvalue weighted by atomic mass is 16.5. The Morgan fingerprint density at radius 1 is 1.50 bits per heavy atom. The quantitative estimate of drug-likeness (QED) is 0.810. The fraction of sp³-hybridized carbons (Fsp3) is 0.692. The Morgan fingerprint density at radius 2 is 2.17 bits per heavy atom. The number of aryl methyl sites for hydroxylation is 2. The van der Waals surface area contributed by atoms with Crippen LogP contribution in [0.3, 0.4) is 0 Å². The minimum Gasteiger partial charge on any atom is -0.393 e. The first-order valence-electron chi connectivity index (χ1n) is 6.38. The van der Waals surface area contributed by atoms with Gasteiger partial charge < -0.3 is 14.9 Å². The topological polar surface area (TPSA) is 75.4 Å². The molecule has 1 aromatic rings. The summed E-state index contributed by atoms with van der Waals surface area (Å²) in [6.45, 7) is 8.02. The zero-order chi connectivity index (χ0) is 13.7. The predicted octanol–water partition coefficient (Wildman–Crippen LogP) is 1.68. The zero-order valence-electron chi connectivity index (χ0n) is 11.5. The van der Waals surface area contributed by atoms with Crippen LogP contribution in [0.2, 0.25) is 0 Å². The molecular formula is C13H22N2O3. The second-order valence-corrected chi connectivity index (χ2v) is 4.78. The van der Waals surface area contributed by atoms with Crippen LogP contribution in [-0.2, 0) is 6.42 Å². The lowest BCUT2D eigenvalue weighted by molar-refractivity contribution is 0.0918. The van der Waals surface area contributed by atoms with E-state index in [9.17, 15) is 9.90 Å². The second-order valence-electron chi connectivity index (χ2n) is 4.78. The van der Waals surface area contributed by atoms with E-state index in [4.69, 9.17) is 4.52 Å². The highest BCUT2D eigenvalue weighted by Crippen LogP contribution is 2.14. The molecule has 2 N–H and O–H groups in total. The summed E-state index contributed by atoms with van der Waals surface area (Å²) < 4.78 is 5.07. The maximum Gasteiger partial charge on any atom is 0.256 e. The first-order valence-corrected chi connectivity index (χ1v) is 6.38. The van der Waals surface area contributed by atoms with E-state index in [2.05, 4.69) is 10.5 Å². The molecule has 0 aliphatic carbocycles. The van der Waals surface area contributed by atoms with E-state index in [1.807, 2.05) is 20.8 Å². The number of hydrogen-bond acceptors (Lipinski definition) is 4. The van der Waals surface area contributed by atoms with Crippen LogP contribution in [0.15, 0.2) is 4.52 Å². The van der Waals surface area contributed by atoms with Crippen molar-refractivity contribution in [1.82, 2.24) is 10.5 Å². The Balaban J connectivity index is 2.53. The van der Waals surface area contributed by atoms with Crippen molar-refractivity contribution < 1.29 is 14.4 Å². The molecule has 5 heteroatoms. The van der Waals surface area contributed by atoms with Gasteiger partial charge in [-0.2, -0.15) is 0 Å². The average molecular weight is 254 g/mol. The molecule has 0 aliphatic heterocycles. The van der Waals surface area contributed by atoms with Crippen LogP contribution in [0.4, 0.5) is 0 Å². The molecule has 102 valence electrons. The molecule has 1 rings (SSSR count). The van der Waals surface area contributed by atoms with Crippen LogP contribution in [0.1, 0.15) is 49.0 Å². The fourth-order valence-corrected chi connectivity index (χ4v) is 1.70. The molecule has 1 aromatic heterocycles. The molecule has 1 amide bonds. The molecule has 1 atom stereocenters. The summed E-state index contributed by atoms with van der Waals surface area (Å²) in [6.07, 6.45) is 0.799. The van der Waals surface area contributed by atoms with Crippen molar-refractivity contribution in [1.29, 1.82) is 0 Å². The average Bonchev–Trinajstić information content (AvgIpc) is 2.69. The number of nitrogens with zero attached hydrogens (tertiary/aromatic N) is 1. The minimum atomic E-state index is -0.389. The van der Waals surface area contributed by atoms with Gasteiger partial charge in [0.1, 0.15) is 11.3 Å². The molecule has 0 radical (unpaired) electrons. The molecule has 18 heavy (non-hydrogen) atoms. The van der Waals surface area contributed by atoms with Crippen molar-refractivity contribution in [2.24, 2.45) is 5.92 Å². The number of carbonyl (C=O) groups excluding carboxylic acids is 1. The Hall–Kier alpha value is -1.36. The SMILES string of the molecule is CCc1onc(C)c1C(=O)NCC[C@H](O)C(C)C. The van der Waals surface area contributed by atoms with Gasteiger partial charge in [-0.25, -0.2) is 0 Å². The van der Waals surface area contributed by atoms with Gasteiger partial charge in [0.05, 0.1) is 11.8 Å². The van der Waals surface area contributed by atoms with E-state index in [-0.39, 0.29) is 17.9 Å². The molecule has 0 fully saturated rings. The highest BCUT2D eigenvalue weighted by Gasteiger charge is 2.19. The largest absolute Gasteiger partial charge is 0.393 e. The normalized spacial score (nSPS) is 12.8. The summed E-state index contributed by atoms with van der Waals surface area (Å²) in [7, 11) is 0. The van der Waals surface area contributed by atoms with E-state index < -0.39 is 0 Å². The first-order chi connectivity index (χ1) is 8.47. The Morgan fingerprint density at radius 3 is 2.72 bits per heavy atom. The highest BCUT2D eigenvalue weighted by molar-refractivity contribution is 5.96. The summed E-state index contributed by atoms with van der Waals surface area (Å²) in [5.74, 6) is 0.626. The number of hydrogen-bond donors (Lipinski definition) is 2. The molecule has 0 bridgehead atoms. The lowest BCUT2D eigenvalue weighted by atomic mass is 10.0. The van der Waals surface area contributed by atoms with E-state index in [0.717, 1.165) is 0 Å². The summed E-state index contributed by atoms with van der Waals surface area (Å²) in [5, 5.41) is 16.2. The van der Waals surface area contributed by atoms with Gasteiger partial charge in [-0.3, -0.25) is 4.79 Å². The van der Waals surface area contributed by atoms with Crippen molar-refractivity contribution in [2.75, 3.05) is 6.54 Å². The predicted molar refractivity (Wildman–Crippen MR) is 68.4 cm³/mol. The van der Waals surface area contributed by atoms with Gasteiger partial charge in [-0.05, 0) is 19.3 Å². The van der Waals surface area contributed by atoms with Gasteiger partial charge in [-0.1, -0.05) is 25.9 Å². The number of rotatable bonds is 6. The Labute approximate surface area is 108 Å². The number of nitrogens with one attached hydrogen (secondary N) is 1. The standard InChI is InChI=1S/C13H22N2O3/c1-5-11-12(9(4)15-18-11)13(17)14-7-6-10(16)8(2)3/h8,10,16H,5-7H2,1-4H3,(H,14,17)/t10-/m0/s1. The number of carbonyl (C=O) groups is 1. The molecule has 0 unspecified atom stereocenters. The van der Waals surface area contributed by atoms with Gasteiger partial charge >= 0.3 is 0 Å². The van der Waals surface area contributed by atoms with Crippen molar-refractivity contribution in [3.8, 4) is 0 Å². The van der Waals surface area contributed by atoms with Crippen LogP contribution in [-0.4, -0.2) is 28.8 Å². The van der Waals surface area contributed by atoms with E-state index in [0.29, 0.717) is 36.4 Å². The smallest absolute Gasteiger partial charge is 0.256 e. The summed E-state index contributed by atoms with van der Waals surface area (Å²) in [6, 6.07) is 0. The lowest BCUT2D eigenvalue weighted by Crippen LogP contribution is -2.29. The molecular weight excluding hydrogens is 232 g/mol. The van der Waals surface area contributed by atoms with Crippen molar-refractivity contribution in [2.45, 2.75) is 46.6 Å². The van der Waals surface area contributed by atoms with Crippen molar-refractivity contribution in [3.05, 3.63) is 17.0 Å². The van der Waals surface area contributed by atoms with E-state index >= 15 is 0 Å². The number of aliphatic hydroxyl groups excluding tert-OH is 1. The summed E-state index contributed by atoms with van der Waals surface area (Å²) >= 11 is 0. The van der Waals surface area contributed by atoms with Gasteiger partial charge in [0.15, 0.2) is 0 Å². The van der Waals surface area contributed by atoms with Crippen LogP contribution >= 0.6 is 0 Å². The third kappa shape index (κ3) is 3.57. The fourth-order valence-electron chi connectivity index (χ4n) is 1.70. The molecule has 1 heterocycles. The summed E-state index contributed by atoms with van der Waals surface area (Å²) in [4.78, 5) is 12.0. The maximum absolute atomic E-state index is 12.0. The molecule has 0 spiro atoms. The van der Waals surface area contributed by atoms with Crippen LogP contribution in [0.5, 0.6) is 0 Å².